The third kappa shape index (κ3) is 3.09. The van der Waals surface area contributed by atoms with Crippen LogP contribution in [0.1, 0.15) is 32.0 Å². The van der Waals surface area contributed by atoms with Gasteiger partial charge >= 0.3 is 0 Å². The molecule has 0 unspecified atom stereocenters. The molecule has 2 aromatic carbocycles. The molecular formula is C22H17ClN4O5. The molecule has 10 heteroatoms. The van der Waals surface area contributed by atoms with E-state index < -0.39 is 11.8 Å². The van der Waals surface area contributed by atoms with E-state index >= 15 is 0 Å². The minimum atomic E-state index is -0.482. The van der Waals surface area contributed by atoms with Crippen molar-refractivity contribution in [3.63, 3.8) is 0 Å². The molecule has 5 rings (SSSR count). The summed E-state index contributed by atoms with van der Waals surface area (Å²) in [4.78, 5) is 40.6. The molecule has 2 aliphatic rings. The Morgan fingerprint density at radius 2 is 1.75 bits per heavy atom. The highest BCUT2D eigenvalue weighted by atomic mass is 35.5. The molecule has 3 amide bonds. The van der Waals surface area contributed by atoms with Gasteiger partial charge in [-0.1, -0.05) is 23.7 Å². The van der Waals surface area contributed by atoms with Gasteiger partial charge in [-0.05, 0) is 18.2 Å². The van der Waals surface area contributed by atoms with Gasteiger partial charge in [-0.25, -0.2) is 0 Å². The number of H-pyrrole nitrogens is 1. The van der Waals surface area contributed by atoms with Crippen molar-refractivity contribution in [3.8, 4) is 22.8 Å². The summed E-state index contributed by atoms with van der Waals surface area (Å²) in [6.45, 7) is 0.214. The van der Waals surface area contributed by atoms with E-state index in [9.17, 15) is 24.6 Å². The number of nitrogens with zero attached hydrogens (tertiary/aromatic N) is 3. The predicted octanol–water partition coefficient (Wildman–Crippen LogP) is 2.32. The number of fused-ring (bicyclic) bond motifs is 2. The summed E-state index contributed by atoms with van der Waals surface area (Å²) < 4.78 is 0. The standard InChI is InChI=1S/C22H17ClN4O5/c23-15-7-13(17(28)8-18(15)29)20-14-9-26(6-5-16(14)24-25-20)19(30)10-27-21(31)11-3-1-2-4-12(11)22(27)32/h1-4,7-8,28-29H,5-6,9-10H2,(H,24,25). The molecule has 2 aliphatic heterocycles. The molecule has 0 radical (unpaired) electrons. The quantitative estimate of drug-likeness (QED) is 0.523. The lowest BCUT2D eigenvalue weighted by Gasteiger charge is -2.28. The summed E-state index contributed by atoms with van der Waals surface area (Å²) in [5.41, 5.74) is 2.83. The highest BCUT2D eigenvalue weighted by Crippen LogP contribution is 2.39. The molecular weight excluding hydrogens is 436 g/mol. The number of phenolic OH excluding ortho intramolecular Hbond substituents is 2. The van der Waals surface area contributed by atoms with E-state index in [1.165, 1.54) is 6.07 Å². The molecule has 0 spiro atoms. The second-order valence-electron chi connectivity index (χ2n) is 7.66. The number of carbonyl (C=O) groups is 3. The molecule has 0 saturated carbocycles. The number of nitrogens with one attached hydrogen (secondary N) is 1. The summed E-state index contributed by atoms with van der Waals surface area (Å²) in [5.74, 6) is -1.79. The number of phenols is 2. The number of aromatic amines is 1. The average Bonchev–Trinajstić information content (AvgIpc) is 3.31. The third-order valence-corrected chi connectivity index (χ3v) is 6.08. The van der Waals surface area contributed by atoms with Gasteiger partial charge in [-0.3, -0.25) is 24.4 Å². The SMILES string of the molecule is O=C(CN1C(=O)c2ccccc2C1=O)N1CCc2[nH]nc(-c3cc(Cl)c(O)cc3O)c2C1. The Labute approximate surface area is 186 Å². The minimum absolute atomic E-state index is 0.0592. The number of aromatic hydroxyl groups is 2. The zero-order valence-corrected chi connectivity index (χ0v) is 17.4. The van der Waals surface area contributed by atoms with Crippen LogP contribution in [0.25, 0.3) is 11.3 Å². The maximum atomic E-state index is 13.0. The molecule has 0 atom stereocenters. The van der Waals surface area contributed by atoms with Gasteiger partial charge in [0.1, 0.15) is 23.7 Å². The van der Waals surface area contributed by atoms with Gasteiger partial charge in [0.2, 0.25) is 5.91 Å². The topological polar surface area (TPSA) is 127 Å². The number of rotatable bonds is 3. The third-order valence-electron chi connectivity index (χ3n) is 5.78. The molecule has 1 aromatic heterocycles. The van der Waals surface area contributed by atoms with Crippen molar-refractivity contribution >= 4 is 29.3 Å². The smallest absolute Gasteiger partial charge is 0.262 e. The Hall–Kier alpha value is -3.85. The van der Waals surface area contributed by atoms with Crippen molar-refractivity contribution < 1.29 is 24.6 Å². The van der Waals surface area contributed by atoms with Crippen LogP contribution in [0.15, 0.2) is 36.4 Å². The van der Waals surface area contributed by atoms with Crippen molar-refractivity contribution in [2.24, 2.45) is 0 Å². The van der Waals surface area contributed by atoms with Crippen LogP contribution in [0.2, 0.25) is 5.02 Å². The number of hydrogen-bond acceptors (Lipinski definition) is 6. The molecule has 0 fully saturated rings. The summed E-state index contributed by atoms with van der Waals surface area (Å²) in [6, 6.07) is 9.02. The second kappa shape index (κ2) is 7.38. The van der Waals surface area contributed by atoms with Crippen LogP contribution < -0.4 is 0 Å². The summed E-state index contributed by atoms with van der Waals surface area (Å²) in [6.07, 6.45) is 0.489. The first-order valence-electron chi connectivity index (χ1n) is 9.86. The average molecular weight is 453 g/mol. The first-order valence-corrected chi connectivity index (χ1v) is 10.2. The fourth-order valence-corrected chi connectivity index (χ4v) is 4.25. The van der Waals surface area contributed by atoms with Gasteiger partial charge in [-0.15, -0.1) is 0 Å². The first-order chi connectivity index (χ1) is 15.3. The number of amides is 3. The molecule has 9 nitrogen and oxygen atoms in total. The van der Waals surface area contributed by atoms with Crippen LogP contribution in [-0.2, 0) is 17.8 Å². The zero-order valence-electron chi connectivity index (χ0n) is 16.6. The number of hydrogen-bond donors (Lipinski definition) is 3. The summed E-state index contributed by atoms with van der Waals surface area (Å²) >= 11 is 5.99. The van der Waals surface area contributed by atoms with Crippen molar-refractivity contribution in [2.75, 3.05) is 13.1 Å². The van der Waals surface area contributed by atoms with Gasteiger partial charge in [0.25, 0.3) is 11.8 Å². The Kier molecular flexibility index (Phi) is 4.63. The normalized spacial score (nSPS) is 15.2. The maximum Gasteiger partial charge on any atom is 0.262 e. The largest absolute Gasteiger partial charge is 0.507 e. The fourth-order valence-electron chi connectivity index (χ4n) is 4.09. The van der Waals surface area contributed by atoms with Crippen LogP contribution in [0, 0.1) is 0 Å². The van der Waals surface area contributed by atoms with E-state index in [1.807, 2.05) is 0 Å². The number of aromatic nitrogens is 2. The van der Waals surface area contributed by atoms with E-state index in [0.29, 0.717) is 40.9 Å². The minimum Gasteiger partial charge on any atom is -0.507 e. The van der Waals surface area contributed by atoms with Crippen molar-refractivity contribution in [1.82, 2.24) is 20.0 Å². The van der Waals surface area contributed by atoms with Crippen LogP contribution in [0.3, 0.4) is 0 Å². The highest BCUT2D eigenvalue weighted by molar-refractivity contribution is 6.32. The van der Waals surface area contributed by atoms with Crippen LogP contribution in [0.4, 0.5) is 0 Å². The van der Waals surface area contributed by atoms with Crippen molar-refractivity contribution in [3.05, 3.63) is 63.8 Å². The lowest BCUT2D eigenvalue weighted by Crippen LogP contribution is -2.44. The predicted molar refractivity (Wildman–Crippen MR) is 113 cm³/mol. The molecule has 0 aliphatic carbocycles. The van der Waals surface area contributed by atoms with Gasteiger partial charge in [0.05, 0.1) is 16.1 Å². The lowest BCUT2D eigenvalue weighted by atomic mass is 10.00. The van der Waals surface area contributed by atoms with Crippen molar-refractivity contribution in [2.45, 2.75) is 13.0 Å². The van der Waals surface area contributed by atoms with E-state index in [-0.39, 0.29) is 35.5 Å². The first kappa shape index (κ1) is 20.1. The fraction of sp³-hybridized carbons (Fsp3) is 0.182. The number of carbonyl (C=O) groups excluding carboxylic acids is 3. The maximum absolute atomic E-state index is 13.0. The second-order valence-corrected chi connectivity index (χ2v) is 8.06. The van der Waals surface area contributed by atoms with Gasteiger partial charge in [0, 0.05) is 42.4 Å². The van der Waals surface area contributed by atoms with E-state index in [0.717, 1.165) is 16.7 Å². The molecule has 3 aromatic rings. The van der Waals surface area contributed by atoms with E-state index in [4.69, 9.17) is 11.6 Å². The number of halogens is 1. The lowest BCUT2D eigenvalue weighted by molar-refractivity contribution is -0.132. The molecule has 3 heterocycles. The van der Waals surface area contributed by atoms with Crippen LogP contribution >= 0.6 is 11.6 Å². The van der Waals surface area contributed by atoms with Crippen molar-refractivity contribution in [1.29, 1.82) is 0 Å². The summed E-state index contributed by atoms with van der Waals surface area (Å²) in [7, 11) is 0. The van der Waals surface area contributed by atoms with E-state index in [2.05, 4.69) is 10.2 Å². The number of imide groups is 1. The van der Waals surface area contributed by atoms with Crippen LogP contribution in [0.5, 0.6) is 11.5 Å². The molecule has 162 valence electrons. The Balaban J connectivity index is 1.38. The number of benzene rings is 2. The monoisotopic (exact) mass is 452 g/mol. The zero-order chi connectivity index (χ0) is 22.6. The Morgan fingerprint density at radius 3 is 2.44 bits per heavy atom. The highest BCUT2D eigenvalue weighted by Gasteiger charge is 2.37. The molecule has 3 N–H and O–H groups in total. The Morgan fingerprint density at radius 1 is 1.06 bits per heavy atom. The molecule has 32 heavy (non-hydrogen) atoms. The van der Waals surface area contributed by atoms with Crippen LogP contribution in [-0.4, -0.2) is 61.0 Å². The Bertz CT molecular complexity index is 1270. The van der Waals surface area contributed by atoms with E-state index in [1.54, 1.807) is 29.2 Å². The molecule has 0 bridgehead atoms. The summed E-state index contributed by atoms with van der Waals surface area (Å²) in [5, 5.41) is 27.2. The van der Waals surface area contributed by atoms with Gasteiger partial charge < -0.3 is 15.1 Å². The molecule has 0 saturated heterocycles. The van der Waals surface area contributed by atoms with Gasteiger partial charge in [-0.2, -0.15) is 5.10 Å². The van der Waals surface area contributed by atoms with Gasteiger partial charge in [0.15, 0.2) is 0 Å².